The summed E-state index contributed by atoms with van der Waals surface area (Å²) in [5.41, 5.74) is 2.60. The summed E-state index contributed by atoms with van der Waals surface area (Å²) in [7, 11) is 3.45. The van der Waals surface area contributed by atoms with Crippen LogP contribution in [0, 0.1) is 5.92 Å². The van der Waals surface area contributed by atoms with Crippen LogP contribution < -0.4 is 10.2 Å². The van der Waals surface area contributed by atoms with Crippen molar-refractivity contribution in [1.82, 2.24) is 10.2 Å². The normalized spacial score (nSPS) is 20.2. The quantitative estimate of drug-likeness (QED) is 0.467. The SMILES string of the molecule is CNC(=O)C(CCC=O)N(C)Cc1cc(N2CCC(COC3CCCCO3)CC2)ccc1C=O. The molecule has 2 aliphatic heterocycles. The van der Waals surface area contributed by atoms with Crippen LogP contribution in [-0.4, -0.2) is 76.1 Å². The molecule has 2 unspecified atom stereocenters. The Morgan fingerprint density at radius 1 is 1.26 bits per heavy atom. The number of carbonyl (C=O) groups is 3. The highest BCUT2D eigenvalue weighted by atomic mass is 16.7. The second kappa shape index (κ2) is 13.6. The van der Waals surface area contributed by atoms with Gasteiger partial charge in [-0.05, 0) is 75.3 Å². The van der Waals surface area contributed by atoms with Crippen molar-refractivity contribution in [1.29, 1.82) is 0 Å². The van der Waals surface area contributed by atoms with E-state index >= 15 is 0 Å². The molecule has 0 radical (unpaired) electrons. The number of hydrogen-bond acceptors (Lipinski definition) is 7. The van der Waals surface area contributed by atoms with Crippen LogP contribution in [-0.2, 0) is 25.6 Å². The van der Waals surface area contributed by atoms with Crippen molar-refractivity contribution in [2.45, 2.75) is 63.8 Å². The van der Waals surface area contributed by atoms with Gasteiger partial charge in [0.1, 0.15) is 12.6 Å². The van der Waals surface area contributed by atoms with Crippen LogP contribution in [0.2, 0.25) is 0 Å². The summed E-state index contributed by atoms with van der Waals surface area (Å²) in [6.45, 7) is 3.88. The molecule has 0 saturated carbocycles. The Kier molecular flexibility index (Phi) is 10.5. The number of carbonyl (C=O) groups excluding carboxylic acids is 3. The van der Waals surface area contributed by atoms with Gasteiger partial charge in [0, 0.05) is 51.0 Å². The molecule has 34 heavy (non-hydrogen) atoms. The van der Waals surface area contributed by atoms with E-state index in [4.69, 9.17) is 9.47 Å². The van der Waals surface area contributed by atoms with Gasteiger partial charge < -0.3 is 24.5 Å². The number of aldehydes is 2. The first-order chi connectivity index (χ1) is 16.5. The van der Waals surface area contributed by atoms with E-state index in [1.54, 1.807) is 7.05 Å². The van der Waals surface area contributed by atoms with E-state index in [9.17, 15) is 14.4 Å². The highest BCUT2D eigenvalue weighted by Gasteiger charge is 2.25. The number of rotatable bonds is 12. The minimum absolute atomic E-state index is 0.0349. The molecular weight excluding hydrogens is 434 g/mol. The van der Waals surface area contributed by atoms with Crippen LogP contribution in [0.15, 0.2) is 18.2 Å². The lowest BCUT2D eigenvalue weighted by Crippen LogP contribution is -2.43. The molecule has 1 aromatic rings. The standard InChI is InChI=1S/C26H39N3O5/c1-27-26(32)24(6-5-14-30)28(2)17-22-16-23(9-8-21(22)18-31)29-12-10-20(11-13-29)19-34-25-7-3-4-15-33-25/h8-9,14,16,18,20,24-25H,3-7,10-13,15,17,19H2,1-2H3,(H,27,32). The lowest BCUT2D eigenvalue weighted by atomic mass is 9.96. The Balaban J connectivity index is 1.59. The number of anilines is 1. The summed E-state index contributed by atoms with van der Waals surface area (Å²) >= 11 is 0. The topological polar surface area (TPSA) is 88.2 Å². The lowest BCUT2D eigenvalue weighted by Gasteiger charge is -2.35. The summed E-state index contributed by atoms with van der Waals surface area (Å²) in [6.07, 6.45) is 7.84. The van der Waals surface area contributed by atoms with Gasteiger partial charge in [-0.1, -0.05) is 0 Å². The van der Waals surface area contributed by atoms with Gasteiger partial charge in [-0.3, -0.25) is 14.5 Å². The first kappa shape index (κ1) is 26.3. The van der Waals surface area contributed by atoms with Crippen LogP contribution in [0.5, 0.6) is 0 Å². The van der Waals surface area contributed by atoms with E-state index in [1.165, 1.54) is 6.42 Å². The van der Waals surface area contributed by atoms with Crippen LogP contribution in [0.1, 0.15) is 60.9 Å². The molecule has 2 atom stereocenters. The van der Waals surface area contributed by atoms with Crippen molar-refractivity contribution in [3.63, 3.8) is 0 Å². The summed E-state index contributed by atoms with van der Waals surface area (Å²) in [4.78, 5) is 39.1. The first-order valence-corrected chi connectivity index (χ1v) is 12.5. The number of amides is 1. The molecule has 1 amide bonds. The average Bonchev–Trinajstić information content (AvgIpc) is 2.88. The zero-order valence-corrected chi connectivity index (χ0v) is 20.5. The number of ether oxygens (including phenoxy) is 2. The number of piperidine rings is 1. The second-order valence-electron chi connectivity index (χ2n) is 9.35. The van der Waals surface area contributed by atoms with Crippen molar-refractivity contribution < 1.29 is 23.9 Å². The van der Waals surface area contributed by atoms with Gasteiger partial charge in [-0.2, -0.15) is 0 Å². The molecule has 0 aliphatic carbocycles. The van der Waals surface area contributed by atoms with Gasteiger partial charge in [0.05, 0.1) is 12.6 Å². The third-order valence-corrected chi connectivity index (χ3v) is 6.95. The molecule has 188 valence electrons. The summed E-state index contributed by atoms with van der Waals surface area (Å²) in [5.74, 6) is 0.406. The molecular formula is C26H39N3O5. The van der Waals surface area contributed by atoms with Crippen LogP contribution >= 0.6 is 0 Å². The van der Waals surface area contributed by atoms with Gasteiger partial charge in [0.25, 0.3) is 0 Å². The summed E-state index contributed by atoms with van der Waals surface area (Å²) in [5, 5.41) is 2.68. The second-order valence-corrected chi connectivity index (χ2v) is 9.35. The molecule has 8 heteroatoms. The van der Waals surface area contributed by atoms with E-state index in [2.05, 4.69) is 16.3 Å². The van der Waals surface area contributed by atoms with Crippen LogP contribution in [0.25, 0.3) is 0 Å². The molecule has 3 rings (SSSR count). The summed E-state index contributed by atoms with van der Waals surface area (Å²) < 4.78 is 11.7. The van der Waals surface area contributed by atoms with Crippen molar-refractivity contribution in [2.75, 3.05) is 45.3 Å². The Morgan fingerprint density at radius 2 is 2.06 bits per heavy atom. The van der Waals surface area contributed by atoms with Gasteiger partial charge in [0.15, 0.2) is 6.29 Å². The molecule has 1 aromatic carbocycles. The van der Waals surface area contributed by atoms with Gasteiger partial charge in [-0.15, -0.1) is 0 Å². The Morgan fingerprint density at radius 3 is 2.71 bits per heavy atom. The maximum absolute atomic E-state index is 12.3. The minimum atomic E-state index is -0.428. The Bertz CT molecular complexity index is 804. The third kappa shape index (κ3) is 7.35. The number of nitrogens with zero attached hydrogens (tertiary/aromatic N) is 2. The van der Waals surface area contributed by atoms with Crippen molar-refractivity contribution in [3.05, 3.63) is 29.3 Å². The molecule has 0 spiro atoms. The van der Waals surface area contributed by atoms with E-state index in [-0.39, 0.29) is 12.2 Å². The van der Waals surface area contributed by atoms with Crippen LogP contribution in [0.4, 0.5) is 5.69 Å². The number of likely N-dealkylation sites (N-methyl/N-ethyl adjacent to an activating group) is 2. The predicted molar refractivity (Wildman–Crippen MR) is 131 cm³/mol. The van der Waals surface area contributed by atoms with Crippen molar-refractivity contribution >= 4 is 24.2 Å². The maximum Gasteiger partial charge on any atom is 0.237 e. The van der Waals surface area contributed by atoms with Gasteiger partial charge in [-0.25, -0.2) is 0 Å². The fraction of sp³-hybridized carbons (Fsp3) is 0.654. The highest BCUT2D eigenvalue weighted by molar-refractivity contribution is 5.82. The molecule has 2 saturated heterocycles. The number of benzene rings is 1. The van der Waals surface area contributed by atoms with E-state index in [0.29, 0.717) is 30.9 Å². The third-order valence-electron chi connectivity index (χ3n) is 6.95. The Labute approximate surface area is 202 Å². The molecule has 2 aliphatic rings. The molecule has 2 heterocycles. The fourth-order valence-corrected chi connectivity index (χ4v) is 4.81. The van der Waals surface area contributed by atoms with E-state index in [1.807, 2.05) is 24.1 Å². The molecule has 0 bridgehead atoms. The number of nitrogens with one attached hydrogen (secondary N) is 1. The minimum Gasteiger partial charge on any atom is -0.372 e. The first-order valence-electron chi connectivity index (χ1n) is 12.5. The molecule has 2 fully saturated rings. The average molecular weight is 474 g/mol. The van der Waals surface area contributed by atoms with Crippen molar-refractivity contribution in [2.24, 2.45) is 5.92 Å². The van der Waals surface area contributed by atoms with Gasteiger partial charge >= 0.3 is 0 Å². The zero-order chi connectivity index (χ0) is 24.3. The molecule has 1 N–H and O–H groups in total. The smallest absolute Gasteiger partial charge is 0.237 e. The fourth-order valence-electron chi connectivity index (χ4n) is 4.81. The molecule has 8 nitrogen and oxygen atoms in total. The maximum atomic E-state index is 12.3. The Hall–Kier alpha value is -2.29. The number of hydrogen-bond donors (Lipinski definition) is 1. The lowest BCUT2D eigenvalue weighted by molar-refractivity contribution is -0.169. The van der Waals surface area contributed by atoms with Gasteiger partial charge in [0.2, 0.25) is 5.91 Å². The largest absolute Gasteiger partial charge is 0.372 e. The zero-order valence-electron chi connectivity index (χ0n) is 20.5. The monoisotopic (exact) mass is 473 g/mol. The van der Waals surface area contributed by atoms with Crippen LogP contribution in [0.3, 0.4) is 0 Å². The van der Waals surface area contributed by atoms with Crippen molar-refractivity contribution in [3.8, 4) is 0 Å². The van der Waals surface area contributed by atoms with E-state index < -0.39 is 6.04 Å². The summed E-state index contributed by atoms with van der Waals surface area (Å²) in [6, 6.07) is 5.50. The highest BCUT2D eigenvalue weighted by Crippen LogP contribution is 2.27. The predicted octanol–water partition coefficient (Wildman–Crippen LogP) is 2.78. The molecule has 0 aromatic heterocycles. The van der Waals surface area contributed by atoms with E-state index in [0.717, 1.165) is 75.8 Å².